The number of piperazine rings is 1. The Kier molecular flexibility index (Phi) is 11.1. The molecule has 0 radical (unpaired) electrons. The van der Waals surface area contributed by atoms with Gasteiger partial charge >= 0.3 is 23.8 Å². The van der Waals surface area contributed by atoms with Crippen LogP contribution in [0.1, 0.15) is 38.7 Å². The van der Waals surface area contributed by atoms with Gasteiger partial charge in [0.2, 0.25) is 5.91 Å². The van der Waals surface area contributed by atoms with Crippen LogP contribution in [0.5, 0.6) is 0 Å². The number of carbonyl (C=O) groups excluding carboxylic acids is 4. The number of rotatable bonds is 9. The van der Waals surface area contributed by atoms with Crippen LogP contribution in [0.4, 0.5) is 0 Å². The number of nitrogens with zero attached hydrogens (tertiary/aromatic N) is 1. The summed E-state index contributed by atoms with van der Waals surface area (Å²) in [6.45, 7) is 5.18. The lowest BCUT2D eigenvalue weighted by molar-refractivity contribution is -0.150. The van der Waals surface area contributed by atoms with E-state index in [1.807, 2.05) is 30.3 Å². The number of carbonyl (C=O) groups is 5. The average Bonchev–Trinajstić information content (AvgIpc) is 3.34. The van der Waals surface area contributed by atoms with Crippen molar-refractivity contribution in [3.8, 4) is 0 Å². The van der Waals surface area contributed by atoms with Crippen LogP contribution >= 0.6 is 0 Å². The molecule has 0 unspecified atom stereocenters. The van der Waals surface area contributed by atoms with E-state index in [0.717, 1.165) is 5.56 Å². The van der Waals surface area contributed by atoms with Crippen LogP contribution in [0, 0.1) is 0 Å². The number of hydrogen-bond acceptors (Lipinski definition) is 7. The lowest BCUT2D eigenvalue weighted by Crippen LogP contribution is -2.53. The van der Waals surface area contributed by atoms with Gasteiger partial charge in [-0.25, -0.2) is 4.79 Å². The lowest BCUT2D eigenvalue weighted by atomic mass is 10.0. The van der Waals surface area contributed by atoms with Crippen LogP contribution in [0.25, 0.3) is 0 Å². The van der Waals surface area contributed by atoms with E-state index in [1.165, 1.54) is 4.90 Å². The Labute approximate surface area is 204 Å². The van der Waals surface area contributed by atoms with Crippen LogP contribution in [-0.4, -0.2) is 84.0 Å². The van der Waals surface area contributed by atoms with Gasteiger partial charge in [0.05, 0.1) is 12.6 Å². The lowest BCUT2D eigenvalue weighted by Gasteiger charge is -2.27. The molecule has 35 heavy (non-hydrogen) atoms. The number of nitrogens with one attached hydrogen (secondary N) is 3. The molecule has 4 N–H and O–H groups in total. The van der Waals surface area contributed by atoms with Crippen LogP contribution in [-0.2, 0) is 35.1 Å². The number of esters is 1. The number of amides is 3. The summed E-state index contributed by atoms with van der Waals surface area (Å²) in [7, 11) is 0. The molecule has 192 valence electrons. The van der Waals surface area contributed by atoms with Gasteiger partial charge in [-0.05, 0) is 45.1 Å². The third-order valence-electron chi connectivity index (χ3n) is 5.68. The molecule has 0 aliphatic carbocycles. The number of carboxylic acid groups (broad SMARTS) is 1. The quantitative estimate of drug-likeness (QED) is 0.275. The van der Waals surface area contributed by atoms with Crippen LogP contribution in [0.3, 0.4) is 0 Å². The first-order valence-electron chi connectivity index (χ1n) is 11.8. The summed E-state index contributed by atoms with van der Waals surface area (Å²) in [5.41, 5.74) is 1.10. The second-order valence-corrected chi connectivity index (χ2v) is 8.26. The second-order valence-electron chi connectivity index (χ2n) is 8.26. The van der Waals surface area contributed by atoms with Crippen molar-refractivity contribution in [1.29, 1.82) is 0 Å². The smallest absolute Gasteiger partial charge is 0.326 e. The molecule has 2 saturated heterocycles. The van der Waals surface area contributed by atoms with E-state index in [1.54, 1.807) is 13.8 Å². The van der Waals surface area contributed by atoms with Crippen LogP contribution < -0.4 is 16.0 Å². The van der Waals surface area contributed by atoms with Crippen LogP contribution in [0.2, 0.25) is 0 Å². The van der Waals surface area contributed by atoms with E-state index in [2.05, 4.69) is 16.0 Å². The molecule has 0 saturated carbocycles. The minimum atomic E-state index is -0.987. The molecule has 11 heteroatoms. The number of carboxylic acids is 1. The summed E-state index contributed by atoms with van der Waals surface area (Å²) in [6.07, 6.45) is 2.29. The minimum Gasteiger partial charge on any atom is -0.480 e. The molecule has 3 atom stereocenters. The number of hydrogen-bond donors (Lipinski definition) is 4. The fourth-order valence-electron chi connectivity index (χ4n) is 3.89. The Hall–Kier alpha value is -3.47. The molecule has 3 rings (SSSR count). The van der Waals surface area contributed by atoms with E-state index >= 15 is 0 Å². The van der Waals surface area contributed by atoms with Crippen molar-refractivity contribution in [2.24, 2.45) is 0 Å². The molecular weight excluding hydrogens is 456 g/mol. The molecule has 0 aromatic heterocycles. The molecule has 11 nitrogen and oxygen atoms in total. The number of aryl methyl sites for hydroxylation is 1. The highest BCUT2D eigenvalue weighted by Gasteiger charge is 2.37. The summed E-state index contributed by atoms with van der Waals surface area (Å²) in [4.78, 5) is 58.3. The molecule has 2 aliphatic heterocycles. The maximum absolute atomic E-state index is 12.7. The third-order valence-corrected chi connectivity index (χ3v) is 5.68. The predicted octanol–water partition coefficient (Wildman–Crippen LogP) is -0.163. The van der Waals surface area contributed by atoms with Crippen molar-refractivity contribution in [3.63, 3.8) is 0 Å². The Bertz CT molecular complexity index is 877. The van der Waals surface area contributed by atoms with Crippen molar-refractivity contribution in [2.75, 3.05) is 26.2 Å². The molecule has 2 aliphatic rings. The van der Waals surface area contributed by atoms with Gasteiger partial charge in [-0.2, -0.15) is 0 Å². The Balaban J connectivity index is 0.000000456. The summed E-state index contributed by atoms with van der Waals surface area (Å²) in [5.74, 6) is -2.75. The van der Waals surface area contributed by atoms with Gasteiger partial charge in [-0.3, -0.25) is 24.5 Å². The van der Waals surface area contributed by atoms with Gasteiger partial charge in [0.1, 0.15) is 12.1 Å². The van der Waals surface area contributed by atoms with Crippen molar-refractivity contribution < 1.29 is 33.8 Å². The molecular formula is C24H34N4O7. The highest BCUT2D eigenvalue weighted by molar-refractivity contribution is 6.35. The van der Waals surface area contributed by atoms with Gasteiger partial charge in [0.15, 0.2) is 0 Å². The molecule has 1 aromatic carbocycles. The minimum absolute atomic E-state index is 0.262. The molecule has 0 bridgehead atoms. The first-order chi connectivity index (χ1) is 16.7. The van der Waals surface area contributed by atoms with Crippen LogP contribution in [0.15, 0.2) is 30.3 Å². The molecule has 1 aromatic rings. The number of likely N-dealkylation sites (tertiary alicyclic amines) is 1. The zero-order chi connectivity index (χ0) is 25.8. The third kappa shape index (κ3) is 8.67. The van der Waals surface area contributed by atoms with Gasteiger partial charge in [-0.15, -0.1) is 0 Å². The summed E-state index contributed by atoms with van der Waals surface area (Å²) in [5, 5.41) is 17.1. The molecule has 3 amide bonds. The Morgan fingerprint density at radius 2 is 1.77 bits per heavy atom. The van der Waals surface area contributed by atoms with Crippen molar-refractivity contribution in [2.45, 2.75) is 57.7 Å². The zero-order valence-corrected chi connectivity index (χ0v) is 20.1. The highest BCUT2D eigenvalue weighted by atomic mass is 16.5. The number of aliphatic carboxylic acids is 1. The zero-order valence-electron chi connectivity index (χ0n) is 20.1. The van der Waals surface area contributed by atoms with E-state index in [4.69, 9.17) is 4.74 Å². The molecule has 0 spiro atoms. The number of ether oxygens (including phenoxy) is 1. The van der Waals surface area contributed by atoms with Gasteiger partial charge in [0.25, 0.3) is 0 Å². The summed E-state index contributed by atoms with van der Waals surface area (Å²) >= 11 is 0. The second kappa shape index (κ2) is 14.1. The maximum atomic E-state index is 12.7. The normalized spacial score (nSPS) is 18.9. The highest BCUT2D eigenvalue weighted by Crippen LogP contribution is 2.19. The van der Waals surface area contributed by atoms with Crippen molar-refractivity contribution >= 4 is 29.7 Å². The van der Waals surface area contributed by atoms with Gasteiger partial charge in [0, 0.05) is 19.6 Å². The van der Waals surface area contributed by atoms with Crippen molar-refractivity contribution in [1.82, 2.24) is 20.9 Å². The fraction of sp³-hybridized carbons (Fsp3) is 0.542. The summed E-state index contributed by atoms with van der Waals surface area (Å²) < 4.78 is 5.14. The number of benzene rings is 1. The van der Waals surface area contributed by atoms with E-state index in [0.29, 0.717) is 45.3 Å². The first kappa shape index (κ1) is 27.8. The van der Waals surface area contributed by atoms with Gasteiger partial charge in [-0.1, -0.05) is 30.3 Å². The largest absolute Gasteiger partial charge is 0.480 e. The average molecular weight is 491 g/mol. The standard InChI is InChI=1S/C20H28N2O5.C4H6N2O2/c1-3-27-20(26)16(12-11-15-8-5-4-6-9-15)21-14(2)18(23)22-13-7-10-17(22)19(24)25;7-3-4(8)6-2-1-5-3/h4-6,8-9,14,16-17,21H,3,7,10-13H2,1-2H3,(H,24,25);1-2H2,(H,5,7)(H,6,8)/t14-,16-,17-;/m0./s1. The van der Waals surface area contributed by atoms with E-state index in [9.17, 15) is 29.1 Å². The van der Waals surface area contributed by atoms with E-state index < -0.39 is 41.9 Å². The predicted molar refractivity (Wildman–Crippen MR) is 126 cm³/mol. The van der Waals surface area contributed by atoms with Gasteiger partial charge < -0.3 is 25.4 Å². The fourth-order valence-corrected chi connectivity index (χ4v) is 3.89. The SMILES string of the molecule is CCOC(=O)[C@H](CCc1ccccc1)N[C@@H](C)C(=O)N1CCC[C@H]1C(=O)O.O=C1NCCNC1=O. The van der Waals surface area contributed by atoms with Crippen molar-refractivity contribution in [3.05, 3.63) is 35.9 Å². The first-order valence-corrected chi connectivity index (χ1v) is 11.8. The monoisotopic (exact) mass is 490 g/mol. The molecule has 2 fully saturated rings. The van der Waals surface area contributed by atoms with E-state index in [-0.39, 0.29) is 12.5 Å². The molecule has 2 heterocycles. The topological polar surface area (TPSA) is 154 Å². The Morgan fingerprint density at radius 3 is 2.31 bits per heavy atom. The Morgan fingerprint density at radius 1 is 1.14 bits per heavy atom. The summed E-state index contributed by atoms with van der Waals surface area (Å²) in [6, 6.07) is 7.69. The maximum Gasteiger partial charge on any atom is 0.326 e.